The van der Waals surface area contributed by atoms with Gasteiger partial charge in [-0.15, -0.1) is 11.8 Å². The standard InChI is InChI=1S/C15H20N4O2S/c1-2-22-13-12(16-5-6-17-13)14(21)19-7-3-4-15(10-19)8-11(20)18-9-15/h5-6H,2-4,7-10H2,1H3,(H,18,20). The maximum absolute atomic E-state index is 12.8. The Bertz CT molecular complexity index is 595. The first kappa shape index (κ1) is 15.3. The highest BCUT2D eigenvalue weighted by molar-refractivity contribution is 7.99. The highest BCUT2D eigenvalue weighted by Gasteiger charge is 2.43. The molecular weight excluding hydrogens is 300 g/mol. The lowest BCUT2D eigenvalue weighted by molar-refractivity contribution is -0.119. The van der Waals surface area contributed by atoms with E-state index >= 15 is 0 Å². The molecule has 1 unspecified atom stereocenters. The molecule has 2 amide bonds. The molecule has 6 nitrogen and oxygen atoms in total. The van der Waals surface area contributed by atoms with E-state index in [2.05, 4.69) is 15.3 Å². The molecule has 1 N–H and O–H groups in total. The van der Waals surface area contributed by atoms with Crippen LogP contribution in [-0.2, 0) is 4.79 Å². The molecule has 2 saturated heterocycles. The van der Waals surface area contributed by atoms with E-state index in [0.29, 0.717) is 30.2 Å². The summed E-state index contributed by atoms with van der Waals surface area (Å²) < 4.78 is 0. The summed E-state index contributed by atoms with van der Waals surface area (Å²) in [5.41, 5.74) is 0.342. The molecular formula is C15H20N4O2S. The first-order chi connectivity index (χ1) is 10.6. The largest absolute Gasteiger partial charge is 0.355 e. The molecule has 0 radical (unpaired) electrons. The second-order valence-corrected chi connectivity index (χ2v) is 7.18. The molecule has 0 aromatic carbocycles. The van der Waals surface area contributed by atoms with Gasteiger partial charge in [0.25, 0.3) is 5.91 Å². The molecule has 0 bridgehead atoms. The Morgan fingerprint density at radius 3 is 3.00 bits per heavy atom. The molecule has 7 heteroatoms. The van der Waals surface area contributed by atoms with Crippen LogP contribution < -0.4 is 5.32 Å². The zero-order chi connectivity index (χ0) is 15.6. The van der Waals surface area contributed by atoms with Crippen LogP contribution >= 0.6 is 11.8 Å². The number of thioether (sulfide) groups is 1. The zero-order valence-corrected chi connectivity index (χ0v) is 13.5. The van der Waals surface area contributed by atoms with Gasteiger partial charge >= 0.3 is 0 Å². The number of likely N-dealkylation sites (tertiary alicyclic amines) is 1. The Morgan fingerprint density at radius 2 is 2.27 bits per heavy atom. The number of nitrogens with zero attached hydrogens (tertiary/aromatic N) is 3. The normalized spacial score (nSPS) is 24.6. The Morgan fingerprint density at radius 1 is 1.45 bits per heavy atom. The molecule has 3 heterocycles. The Balaban J connectivity index is 1.79. The van der Waals surface area contributed by atoms with E-state index in [1.807, 2.05) is 11.8 Å². The Kier molecular flexibility index (Phi) is 4.33. The minimum absolute atomic E-state index is 0.0672. The number of nitrogens with one attached hydrogen (secondary N) is 1. The van der Waals surface area contributed by atoms with Crippen LogP contribution in [0.5, 0.6) is 0 Å². The van der Waals surface area contributed by atoms with Gasteiger partial charge in [-0.05, 0) is 18.6 Å². The van der Waals surface area contributed by atoms with Gasteiger partial charge in [-0.1, -0.05) is 6.92 Å². The fraction of sp³-hybridized carbons (Fsp3) is 0.600. The van der Waals surface area contributed by atoms with Crippen LogP contribution in [-0.4, -0.2) is 52.1 Å². The molecule has 2 aliphatic rings. The maximum Gasteiger partial charge on any atom is 0.275 e. The average Bonchev–Trinajstić information content (AvgIpc) is 2.88. The second-order valence-electron chi connectivity index (χ2n) is 5.93. The molecule has 1 aromatic rings. The lowest BCUT2D eigenvalue weighted by Crippen LogP contribution is -2.47. The van der Waals surface area contributed by atoms with Crippen molar-refractivity contribution in [1.82, 2.24) is 20.2 Å². The van der Waals surface area contributed by atoms with Crippen molar-refractivity contribution in [3.05, 3.63) is 18.1 Å². The van der Waals surface area contributed by atoms with E-state index in [9.17, 15) is 9.59 Å². The van der Waals surface area contributed by atoms with Crippen molar-refractivity contribution in [1.29, 1.82) is 0 Å². The van der Waals surface area contributed by atoms with Gasteiger partial charge in [0.05, 0.1) is 0 Å². The van der Waals surface area contributed by atoms with E-state index in [1.54, 1.807) is 12.4 Å². The summed E-state index contributed by atoms with van der Waals surface area (Å²) in [5.74, 6) is 0.875. The Labute approximate surface area is 134 Å². The van der Waals surface area contributed by atoms with Gasteiger partial charge in [0.2, 0.25) is 5.91 Å². The highest BCUT2D eigenvalue weighted by atomic mass is 32.2. The number of carbonyl (C=O) groups is 2. The fourth-order valence-electron chi connectivity index (χ4n) is 3.29. The molecule has 1 spiro atoms. The molecule has 118 valence electrons. The quantitative estimate of drug-likeness (QED) is 0.851. The van der Waals surface area contributed by atoms with Crippen molar-refractivity contribution in [2.24, 2.45) is 5.41 Å². The topological polar surface area (TPSA) is 75.2 Å². The van der Waals surface area contributed by atoms with Gasteiger partial charge < -0.3 is 10.2 Å². The monoisotopic (exact) mass is 320 g/mol. The molecule has 2 aliphatic heterocycles. The van der Waals surface area contributed by atoms with Crippen LogP contribution in [0.3, 0.4) is 0 Å². The summed E-state index contributed by atoms with van der Waals surface area (Å²) in [6, 6.07) is 0. The summed E-state index contributed by atoms with van der Waals surface area (Å²) in [5, 5.41) is 3.59. The SMILES string of the molecule is CCSc1nccnc1C(=O)N1CCCC2(CNC(=O)C2)C1. The minimum atomic E-state index is -0.0920. The summed E-state index contributed by atoms with van der Waals surface area (Å²) in [6.07, 6.45) is 5.62. The van der Waals surface area contributed by atoms with Crippen LogP contribution in [0.4, 0.5) is 0 Å². The zero-order valence-electron chi connectivity index (χ0n) is 12.7. The van der Waals surface area contributed by atoms with E-state index in [-0.39, 0.29) is 17.2 Å². The molecule has 1 atom stereocenters. The predicted molar refractivity (Wildman–Crippen MR) is 83.6 cm³/mol. The minimum Gasteiger partial charge on any atom is -0.355 e. The predicted octanol–water partition coefficient (Wildman–Crippen LogP) is 1.33. The lowest BCUT2D eigenvalue weighted by atomic mass is 9.79. The van der Waals surface area contributed by atoms with Crippen molar-refractivity contribution in [3.63, 3.8) is 0 Å². The highest BCUT2D eigenvalue weighted by Crippen LogP contribution is 2.36. The number of amides is 2. The summed E-state index contributed by atoms with van der Waals surface area (Å²) in [6.45, 7) is 4.05. The first-order valence-electron chi connectivity index (χ1n) is 7.63. The number of hydrogen-bond donors (Lipinski definition) is 1. The number of hydrogen-bond acceptors (Lipinski definition) is 5. The van der Waals surface area contributed by atoms with E-state index in [1.165, 1.54) is 11.8 Å². The van der Waals surface area contributed by atoms with Crippen molar-refractivity contribution in [2.45, 2.75) is 31.2 Å². The summed E-state index contributed by atoms with van der Waals surface area (Å²) in [4.78, 5) is 34.7. The summed E-state index contributed by atoms with van der Waals surface area (Å²) >= 11 is 1.53. The number of piperidine rings is 1. The maximum atomic E-state index is 12.8. The molecule has 0 saturated carbocycles. The molecule has 2 fully saturated rings. The third-order valence-corrected chi connectivity index (χ3v) is 5.15. The van der Waals surface area contributed by atoms with Crippen LogP contribution in [0.1, 0.15) is 36.7 Å². The van der Waals surface area contributed by atoms with Crippen molar-refractivity contribution < 1.29 is 9.59 Å². The van der Waals surface area contributed by atoms with Gasteiger partial charge in [0, 0.05) is 43.9 Å². The smallest absolute Gasteiger partial charge is 0.275 e. The molecule has 3 rings (SSSR count). The van der Waals surface area contributed by atoms with Crippen LogP contribution in [0.2, 0.25) is 0 Å². The third-order valence-electron chi connectivity index (χ3n) is 4.29. The van der Waals surface area contributed by atoms with Gasteiger partial charge in [-0.3, -0.25) is 9.59 Å². The Hall–Kier alpha value is -1.63. The molecule has 22 heavy (non-hydrogen) atoms. The fourth-order valence-corrected chi connectivity index (χ4v) is 3.97. The summed E-state index contributed by atoms with van der Waals surface area (Å²) in [7, 11) is 0. The van der Waals surface area contributed by atoms with E-state index < -0.39 is 0 Å². The van der Waals surface area contributed by atoms with Crippen molar-refractivity contribution in [3.8, 4) is 0 Å². The number of carbonyl (C=O) groups excluding carboxylic acids is 2. The molecule has 1 aromatic heterocycles. The van der Waals surface area contributed by atoms with Gasteiger partial charge in [0.1, 0.15) is 5.03 Å². The third kappa shape index (κ3) is 2.95. The lowest BCUT2D eigenvalue weighted by Gasteiger charge is -2.39. The molecule has 0 aliphatic carbocycles. The number of aromatic nitrogens is 2. The van der Waals surface area contributed by atoms with Crippen LogP contribution in [0.15, 0.2) is 17.4 Å². The van der Waals surface area contributed by atoms with Crippen molar-refractivity contribution in [2.75, 3.05) is 25.4 Å². The first-order valence-corrected chi connectivity index (χ1v) is 8.62. The van der Waals surface area contributed by atoms with Gasteiger partial charge in [-0.2, -0.15) is 0 Å². The van der Waals surface area contributed by atoms with Crippen molar-refractivity contribution >= 4 is 23.6 Å². The van der Waals surface area contributed by atoms with Gasteiger partial charge in [-0.25, -0.2) is 9.97 Å². The van der Waals surface area contributed by atoms with Gasteiger partial charge in [0.15, 0.2) is 5.69 Å². The van der Waals surface area contributed by atoms with Crippen LogP contribution in [0, 0.1) is 5.41 Å². The average molecular weight is 320 g/mol. The number of rotatable bonds is 3. The van der Waals surface area contributed by atoms with Crippen LogP contribution in [0.25, 0.3) is 0 Å². The van der Waals surface area contributed by atoms with E-state index in [4.69, 9.17) is 0 Å². The van der Waals surface area contributed by atoms with E-state index in [0.717, 1.165) is 25.1 Å². The second kappa shape index (κ2) is 6.24.